The summed E-state index contributed by atoms with van der Waals surface area (Å²) in [5.41, 5.74) is 0.210. The van der Waals surface area contributed by atoms with Gasteiger partial charge in [-0.3, -0.25) is 4.98 Å². The number of aromatic nitrogens is 1. The molecule has 1 heterocycles. The summed E-state index contributed by atoms with van der Waals surface area (Å²) in [6.07, 6.45) is 3.15. The second-order valence-electron chi connectivity index (χ2n) is 7.62. The fourth-order valence-corrected chi connectivity index (χ4v) is 4.04. The molecule has 2 atom stereocenters. The van der Waals surface area contributed by atoms with Crippen molar-refractivity contribution in [2.24, 2.45) is 0 Å². The highest BCUT2D eigenvalue weighted by Gasteiger charge is 2.48. The van der Waals surface area contributed by atoms with Crippen LogP contribution in [0.5, 0.6) is 0 Å². The maximum Gasteiger partial charge on any atom is 0.179 e. The van der Waals surface area contributed by atoms with Crippen LogP contribution in [0.2, 0.25) is 0 Å². The fraction of sp³-hybridized carbons (Fsp3) is 0.0690. The summed E-state index contributed by atoms with van der Waals surface area (Å²) in [7, 11) is 0. The lowest BCUT2D eigenvalue weighted by atomic mass is 9.68. The van der Waals surface area contributed by atoms with Crippen LogP contribution in [0.3, 0.4) is 0 Å². The summed E-state index contributed by atoms with van der Waals surface area (Å²) in [5.74, 6) is 12.3. The quantitative estimate of drug-likeness (QED) is 0.429. The second-order valence-corrected chi connectivity index (χ2v) is 7.62. The number of hydrogen-bond acceptors (Lipinski definition) is 3. The van der Waals surface area contributed by atoms with Crippen LogP contribution in [0, 0.1) is 23.7 Å². The Morgan fingerprint density at radius 3 is 1.50 bits per heavy atom. The van der Waals surface area contributed by atoms with Crippen molar-refractivity contribution < 1.29 is 10.2 Å². The van der Waals surface area contributed by atoms with Gasteiger partial charge in [-0.1, -0.05) is 84.3 Å². The molecule has 0 bridgehead atoms. The van der Waals surface area contributed by atoms with Crippen LogP contribution in [-0.2, 0) is 11.2 Å². The summed E-state index contributed by atoms with van der Waals surface area (Å²) in [6.45, 7) is 0. The average Bonchev–Trinajstić information content (AvgIpc) is 2.87. The van der Waals surface area contributed by atoms with Gasteiger partial charge in [0.25, 0.3) is 0 Å². The largest absolute Gasteiger partial charge is 0.369 e. The smallest absolute Gasteiger partial charge is 0.179 e. The first kappa shape index (κ1) is 19.8. The van der Waals surface area contributed by atoms with Crippen LogP contribution in [0.15, 0.2) is 103 Å². The molecule has 0 fully saturated rings. The second kappa shape index (κ2) is 7.84. The Balaban J connectivity index is 1.74. The zero-order valence-corrected chi connectivity index (χ0v) is 17.2. The topological polar surface area (TPSA) is 53.4 Å². The van der Waals surface area contributed by atoms with E-state index in [1.54, 1.807) is 30.6 Å². The van der Waals surface area contributed by atoms with E-state index in [0.29, 0.717) is 22.3 Å². The van der Waals surface area contributed by atoms with Gasteiger partial charge in [0.15, 0.2) is 11.2 Å². The Kier molecular flexibility index (Phi) is 4.85. The van der Waals surface area contributed by atoms with Gasteiger partial charge in [0.1, 0.15) is 0 Å². The Labute approximate surface area is 187 Å². The van der Waals surface area contributed by atoms with E-state index in [1.165, 1.54) is 0 Å². The Bertz CT molecular complexity index is 1250. The maximum atomic E-state index is 11.9. The lowest BCUT2D eigenvalue weighted by Gasteiger charge is -2.39. The molecular weight excluding hydrogens is 394 g/mol. The summed E-state index contributed by atoms with van der Waals surface area (Å²) in [4.78, 5) is 4.22. The molecule has 0 spiro atoms. The van der Waals surface area contributed by atoms with Gasteiger partial charge in [-0.2, -0.15) is 0 Å². The normalized spacial score (nSPS) is 20.6. The average molecular weight is 413 g/mol. The van der Waals surface area contributed by atoms with E-state index in [4.69, 9.17) is 0 Å². The molecule has 0 saturated heterocycles. The first-order chi connectivity index (χ1) is 15.6. The van der Waals surface area contributed by atoms with Crippen molar-refractivity contribution >= 4 is 0 Å². The molecule has 0 aliphatic heterocycles. The van der Waals surface area contributed by atoms with Crippen LogP contribution in [0.25, 0.3) is 0 Å². The molecule has 2 N–H and O–H groups in total. The molecular formula is C29H19NO2. The molecule has 32 heavy (non-hydrogen) atoms. The predicted octanol–water partition coefficient (Wildman–Crippen LogP) is 3.97. The minimum atomic E-state index is -1.64. The lowest BCUT2D eigenvalue weighted by Crippen LogP contribution is -2.41. The minimum absolute atomic E-state index is 0.423. The van der Waals surface area contributed by atoms with E-state index >= 15 is 0 Å². The Morgan fingerprint density at radius 2 is 0.969 bits per heavy atom. The number of rotatable bonds is 0. The summed E-state index contributed by atoms with van der Waals surface area (Å²) in [6, 6.07) is 27.9. The molecule has 4 aromatic rings. The van der Waals surface area contributed by atoms with E-state index in [-0.39, 0.29) is 0 Å². The van der Waals surface area contributed by atoms with E-state index in [2.05, 4.69) is 28.7 Å². The molecule has 0 saturated carbocycles. The van der Waals surface area contributed by atoms with Crippen molar-refractivity contribution in [1.29, 1.82) is 0 Å². The van der Waals surface area contributed by atoms with E-state index in [1.807, 2.05) is 72.8 Å². The van der Waals surface area contributed by atoms with Crippen molar-refractivity contribution in [3.8, 4) is 23.7 Å². The zero-order valence-electron chi connectivity index (χ0n) is 17.2. The van der Waals surface area contributed by atoms with Gasteiger partial charge in [0.05, 0.1) is 0 Å². The first-order valence-corrected chi connectivity index (χ1v) is 10.3. The third-order valence-corrected chi connectivity index (χ3v) is 5.63. The van der Waals surface area contributed by atoms with Crippen LogP contribution >= 0.6 is 0 Å². The minimum Gasteiger partial charge on any atom is -0.369 e. The molecule has 0 unspecified atom stereocenters. The van der Waals surface area contributed by atoms with Crippen LogP contribution in [-0.4, -0.2) is 15.2 Å². The van der Waals surface area contributed by atoms with Crippen LogP contribution in [0.4, 0.5) is 0 Å². The standard InChI is InChI=1S/C29H19NO2/c31-28(18-15-22-9-3-1-4-10-22)24-13-7-8-14-25(24)29(32,27-21-30-20-17-26(27)28)19-16-23-11-5-2-6-12-23/h1-14,17,20-21,31-32H/t28-,29-/m1/s1. The molecule has 3 aromatic carbocycles. The SMILES string of the molecule is O[C@]1(C#Cc2ccccc2)c2ccccc2[C@](O)(C#Cc2ccccc2)c2cnccc21. The Morgan fingerprint density at radius 1 is 0.531 bits per heavy atom. The van der Waals surface area contributed by atoms with Gasteiger partial charge in [-0.05, 0) is 30.3 Å². The van der Waals surface area contributed by atoms with E-state index in [0.717, 1.165) is 11.1 Å². The molecule has 1 aliphatic carbocycles. The molecule has 5 rings (SSSR count). The summed E-state index contributed by atoms with van der Waals surface area (Å²) >= 11 is 0. The van der Waals surface area contributed by atoms with Crippen molar-refractivity contribution in [3.05, 3.63) is 137 Å². The molecule has 3 heteroatoms. The van der Waals surface area contributed by atoms with Crippen molar-refractivity contribution in [1.82, 2.24) is 4.98 Å². The summed E-state index contributed by atoms with van der Waals surface area (Å²) < 4.78 is 0. The molecule has 1 aromatic heterocycles. The van der Waals surface area contributed by atoms with Crippen molar-refractivity contribution in [2.45, 2.75) is 11.2 Å². The van der Waals surface area contributed by atoms with Gasteiger partial charge in [0, 0.05) is 45.8 Å². The maximum absolute atomic E-state index is 11.9. The number of hydrogen-bond donors (Lipinski definition) is 2. The Hall–Kier alpha value is -4.15. The lowest BCUT2D eigenvalue weighted by molar-refractivity contribution is 0.0940. The number of aliphatic hydroxyl groups is 2. The van der Waals surface area contributed by atoms with Gasteiger partial charge in [0.2, 0.25) is 0 Å². The fourth-order valence-electron chi connectivity index (χ4n) is 4.04. The third-order valence-electron chi connectivity index (χ3n) is 5.63. The number of pyridine rings is 1. The van der Waals surface area contributed by atoms with Crippen molar-refractivity contribution in [2.75, 3.05) is 0 Å². The molecule has 0 radical (unpaired) electrons. The van der Waals surface area contributed by atoms with Gasteiger partial charge in [-0.25, -0.2) is 0 Å². The molecule has 0 amide bonds. The third kappa shape index (κ3) is 3.27. The highest BCUT2D eigenvalue weighted by molar-refractivity contribution is 5.64. The predicted molar refractivity (Wildman–Crippen MR) is 123 cm³/mol. The molecule has 152 valence electrons. The summed E-state index contributed by atoms with van der Waals surface area (Å²) in [5, 5.41) is 23.8. The van der Waals surface area contributed by atoms with Gasteiger partial charge >= 0.3 is 0 Å². The van der Waals surface area contributed by atoms with Gasteiger partial charge in [-0.15, -0.1) is 0 Å². The monoisotopic (exact) mass is 413 g/mol. The van der Waals surface area contributed by atoms with E-state index < -0.39 is 11.2 Å². The van der Waals surface area contributed by atoms with E-state index in [9.17, 15) is 10.2 Å². The first-order valence-electron chi connectivity index (χ1n) is 10.3. The highest BCUT2D eigenvalue weighted by atomic mass is 16.3. The number of nitrogens with zero attached hydrogens (tertiary/aromatic N) is 1. The van der Waals surface area contributed by atoms with Gasteiger partial charge < -0.3 is 10.2 Å². The van der Waals surface area contributed by atoms with Crippen LogP contribution < -0.4 is 0 Å². The molecule has 1 aliphatic rings. The number of benzene rings is 3. The zero-order chi connectivity index (χ0) is 22.0. The van der Waals surface area contributed by atoms with Crippen molar-refractivity contribution in [3.63, 3.8) is 0 Å². The highest BCUT2D eigenvalue weighted by Crippen LogP contribution is 2.47. The molecule has 3 nitrogen and oxygen atoms in total. The number of fused-ring (bicyclic) bond motifs is 2. The van der Waals surface area contributed by atoms with Crippen LogP contribution in [0.1, 0.15) is 33.4 Å².